The van der Waals surface area contributed by atoms with Crippen LogP contribution < -0.4 is 9.88 Å². The summed E-state index contributed by atoms with van der Waals surface area (Å²) in [6.07, 6.45) is 3.98. The lowest BCUT2D eigenvalue weighted by molar-refractivity contribution is 0.0788. The number of benzene rings is 1. The highest BCUT2D eigenvalue weighted by atomic mass is 32.2. The Morgan fingerprint density at radius 2 is 2.04 bits per heavy atom. The van der Waals surface area contributed by atoms with Crippen LogP contribution in [-0.4, -0.2) is 50.2 Å². The molecule has 8 heteroatoms. The average molecular weight is 375 g/mol. The number of carbonyl (C=O) groups is 1. The van der Waals surface area contributed by atoms with Gasteiger partial charge in [0.05, 0.1) is 19.1 Å². The van der Waals surface area contributed by atoms with E-state index in [2.05, 4.69) is 4.98 Å². The van der Waals surface area contributed by atoms with Crippen molar-refractivity contribution in [1.82, 2.24) is 9.88 Å². The summed E-state index contributed by atoms with van der Waals surface area (Å²) >= 11 is 0. The monoisotopic (exact) mass is 375 g/mol. The Labute approximate surface area is 152 Å². The van der Waals surface area contributed by atoms with Gasteiger partial charge in [-0.05, 0) is 36.1 Å². The molecule has 1 aromatic heterocycles. The van der Waals surface area contributed by atoms with E-state index in [1.807, 2.05) is 18.2 Å². The summed E-state index contributed by atoms with van der Waals surface area (Å²) < 4.78 is 27.7. The van der Waals surface area contributed by atoms with Crippen LogP contribution in [0.5, 0.6) is 5.75 Å². The van der Waals surface area contributed by atoms with E-state index in [0.717, 1.165) is 11.1 Å². The normalized spacial score (nSPS) is 17.3. The van der Waals surface area contributed by atoms with Gasteiger partial charge in [0.15, 0.2) is 0 Å². The van der Waals surface area contributed by atoms with E-state index in [-0.39, 0.29) is 17.6 Å². The molecule has 0 saturated carbocycles. The fourth-order valence-electron chi connectivity index (χ4n) is 3.24. The van der Waals surface area contributed by atoms with E-state index in [1.54, 1.807) is 36.5 Å². The molecule has 0 aliphatic carbocycles. The number of ether oxygens (including phenoxy) is 1. The molecule has 1 atom stereocenters. The highest BCUT2D eigenvalue weighted by Crippen LogP contribution is 2.29. The summed E-state index contributed by atoms with van der Waals surface area (Å²) in [4.78, 5) is 18.4. The highest BCUT2D eigenvalue weighted by Gasteiger charge is 2.29. The third kappa shape index (κ3) is 4.20. The molecule has 0 radical (unpaired) electrons. The number of pyridine rings is 1. The van der Waals surface area contributed by atoms with E-state index in [9.17, 15) is 13.2 Å². The number of hydrogen-bond acceptors (Lipinski definition) is 5. The Balaban J connectivity index is 1.72. The Bertz CT molecular complexity index is 897. The van der Waals surface area contributed by atoms with Crippen LogP contribution in [0.2, 0.25) is 0 Å². The SMILES string of the molecule is COc1cnccc1-c1ccc(C(=O)N2CCC(CS(N)(=O)=O)C2)cc1. The van der Waals surface area contributed by atoms with Gasteiger partial charge in [0.2, 0.25) is 10.0 Å². The Morgan fingerprint density at radius 1 is 1.31 bits per heavy atom. The quantitative estimate of drug-likeness (QED) is 0.853. The van der Waals surface area contributed by atoms with Crippen LogP contribution in [0.1, 0.15) is 16.8 Å². The molecule has 26 heavy (non-hydrogen) atoms. The Morgan fingerprint density at radius 3 is 2.69 bits per heavy atom. The lowest BCUT2D eigenvalue weighted by Crippen LogP contribution is -2.30. The first-order valence-electron chi connectivity index (χ1n) is 8.25. The van der Waals surface area contributed by atoms with Crippen molar-refractivity contribution >= 4 is 15.9 Å². The zero-order valence-electron chi connectivity index (χ0n) is 14.5. The van der Waals surface area contributed by atoms with Gasteiger partial charge in [-0.15, -0.1) is 0 Å². The standard InChI is InChI=1S/C18H21N3O4S/c1-25-17-10-20-8-6-16(17)14-2-4-15(5-3-14)18(22)21-9-7-13(11-21)12-26(19,23)24/h2-6,8,10,13H,7,9,11-12H2,1H3,(H2,19,23,24). The Hall–Kier alpha value is -2.45. The van der Waals surface area contributed by atoms with Gasteiger partial charge in [-0.1, -0.05) is 12.1 Å². The maximum Gasteiger partial charge on any atom is 0.253 e. The van der Waals surface area contributed by atoms with Crippen LogP contribution in [0.15, 0.2) is 42.7 Å². The van der Waals surface area contributed by atoms with E-state index < -0.39 is 10.0 Å². The second-order valence-electron chi connectivity index (χ2n) is 6.39. The van der Waals surface area contributed by atoms with Crippen molar-refractivity contribution in [1.29, 1.82) is 0 Å². The minimum absolute atomic E-state index is 0.0858. The molecule has 7 nitrogen and oxygen atoms in total. The first-order valence-corrected chi connectivity index (χ1v) is 9.97. The predicted molar refractivity (Wildman–Crippen MR) is 98.2 cm³/mol. The van der Waals surface area contributed by atoms with Crippen LogP contribution in [0.3, 0.4) is 0 Å². The van der Waals surface area contributed by atoms with Crippen molar-refractivity contribution in [3.63, 3.8) is 0 Å². The molecule has 2 aromatic rings. The number of sulfonamides is 1. The molecule has 1 aliphatic heterocycles. The second kappa shape index (κ2) is 7.43. The minimum Gasteiger partial charge on any atom is -0.494 e. The van der Waals surface area contributed by atoms with Crippen molar-refractivity contribution in [2.75, 3.05) is 26.0 Å². The molecule has 1 unspecified atom stereocenters. The summed E-state index contributed by atoms with van der Waals surface area (Å²) in [6.45, 7) is 0.953. The maximum absolute atomic E-state index is 12.6. The third-order valence-corrected chi connectivity index (χ3v) is 5.42. The van der Waals surface area contributed by atoms with Crippen LogP contribution in [-0.2, 0) is 10.0 Å². The van der Waals surface area contributed by atoms with Gasteiger partial charge >= 0.3 is 0 Å². The van der Waals surface area contributed by atoms with Gasteiger partial charge in [0.1, 0.15) is 5.75 Å². The van der Waals surface area contributed by atoms with Crippen molar-refractivity contribution in [3.8, 4) is 16.9 Å². The predicted octanol–water partition coefficient (Wildman–Crippen LogP) is 1.51. The van der Waals surface area contributed by atoms with Gasteiger partial charge in [0.25, 0.3) is 5.91 Å². The van der Waals surface area contributed by atoms with Crippen molar-refractivity contribution in [2.45, 2.75) is 6.42 Å². The number of primary sulfonamides is 1. The lowest BCUT2D eigenvalue weighted by Gasteiger charge is -2.17. The van der Waals surface area contributed by atoms with Gasteiger partial charge in [-0.25, -0.2) is 13.6 Å². The molecule has 1 amide bonds. The number of hydrogen-bond donors (Lipinski definition) is 1. The van der Waals surface area contributed by atoms with Crippen LogP contribution in [0.25, 0.3) is 11.1 Å². The molecule has 1 aliphatic rings. The summed E-state index contributed by atoms with van der Waals surface area (Å²) in [5.74, 6) is 0.374. The van der Waals surface area contributed by atoms with E-state index in [4.69, 9.17) is 9.88 Å². The van der Waals surface area contributed by atoms with Gasteiger partial charge in [-0.3, -0.25) is 9.78 Å². The number of amides is 1. The number of rotatable bonds is 5. The second-order valence-corrected chi connectivity index (χ2v) is 8.05. The number of methoxy groups -OCH3 is 1. The van der Waals surface area contributed by atoms with Gasteiger partial charge < -0.3 is 9.64 Å². The average Bonchev–Trinajstić information content (AvgIpc) is 3.07. The van der Waals surface area contributed by atoms with E-state index in [0.29, 0.717) is 30.8 Å². The van der Waals surface area contributed by atoms with Crippen molar-refractivity contribution in [2.24, 2.45) is 11.1 Å². The number of nitrogens with two attached hydrogens (primary N) is 1. The van der Waals surface area contributed by atoms with Gasteiger partial charge in [-0.2, -0.15) is 0 Å². The maximum atomic E-state index is 12.6. The topological polar surface area (TPSA) is 103 Å². The molecule has 2 N–H and O–H groups in total. The number of carbonyl (C=O) groups excluding carboxylic acids is 1. The first kappa shape index (κ1) is 18.3. The lowest BCUT2D eigenvalue weighted by atomic mass is 10.0. The number of aromatic nitrogens is 1. The molecule has 1 fully saturated rings. The zero-order valence-corrected chi connectivity index (χ0v) is 15.3. The molecular formula is C18H21N3O4S. The van der Waals surface area contributed by atoms with Crippen molar-refractivity contribution < 1.29 is 17.9 Å². The summed E-state index contributed by atoms with van der Waals surface area (Å²) in [7, 11) is -1.93. The van der Waals surface area contributed by atoms with Gasteiger partial charge in [0, 0.05) is 30.4 Å². The van der Waals surface area contributed by atoms with Crippen LogP contribution >= 0.6 is 0 Å². The summed E-state index contributed by atoms with van der Waals surface area (Å²) in [5, 5.41) is 5.10. The fourth-order valence-corrected chi connectivity index (χ4v) is 4.17. The summed E-state index contributed by atoms with van der Waals surface area (Å²) in [6, 6.07) is 9.12. The molecule has 1 aromatic carbocycles. The van der Waals surface area contributed by atoms with E-state index in [1.165, 1.54) is 0 Å². The largest absolute Gasteiger partial charge is 0.494 e. The van der Waals surface area contributed by atoms with Crippen molar-refractivity contribution in [3.05, 3.63) is 48.3 Å². The molecule has 0 spiro atoms. The first-order chi connectivity index (χ1) is 12.4. The molecule has 1 saturated heterocycles. The molecular weight excluding hydrogens is 354 g/mol. The highest BCUT2D eigenvalue weighted by molar-refractivity contribution is 7.89. The fraction of sp³-hybridized carbons (Fsp3) is 0.333. The smallest absolute Gasteiger partial charge is 0.253 e. The molecule has 2 heterocycles. The number of likely N-dealkylation sites (tertiary alicyclic amines) is 1. The molecule has 3 rings (SSSR count). The Kier molecular flexibility index (Phi) is 5.24. The van der Waals surface area contributed by atoms with Crippen LogP contribution in [0.4, 0.5) is 0 Å². The van der Waals surface area contributed by atoms with E-state index >= 15 is 0 Å². The third-order valence-electron chi connectivity index (χ3n) is 4.49. The molecule has 138 valence electrons. The summed E-state index contributed by atoms with van der Waals surface area (Å²) in [5.41, 5.74) is 2.39. The molecule has 0 bridgehead atoms. The minimum atomic E-state index is -3.52. The van der Waals surface area contributed by atoms with Crippen LogP contribution in [0, 0.1) is 5.92 Å². The zero-order chi connectivity index (χ0) is 18.7. The number of nitrogens with zero attached hydrogens (tertiary/aromatic N) is 2.